The lowest BCUT2D eigenvalue weighted by Gasteiger charge is -2.24. The van der Waals surface area contributed by atoms with E-state index in [1.165, 1.54) is 6.26 Å². The van der Waals surface area contributed by atoms with Crippen molar-refractivity contribution in [2.24, 2.45) is 5.41 Å². The van der Waals surface area contributed by atoms with E-state index in [0.717, 1.165) is 6.42 Å². The number of aliphatic hydroxyl groups is 1. The molecule has 0 radical (unpaired) electrons. The third-order valence-electron chi connectivity index (χ3n) is 2.31. The van der Waals surface area contributed by atoms with Gasteiger partial charge < -0.3 is 5.11 Å². The van der Waals surface area contributed by atoms with Crippen molar-refractivity contribution >= 4 is 9.84 Å². The molecular weight excluding hydrogens is 176 g/mol. The van der Waals surface area contributed by atoms with Crippen molar-refractivity contribution in [3.8, 4) is 0 Å². The van der Waals surface area contributed by atoms with Gasteiger partial charge in [-0.15, -0.1) is 0 Å². The van der Waals surface area contributed by atoms with Crippen molar-refractivity contribution in [2.45, 2.75) is 26.7 Å². The first-order valence-corrected chi connectivity index (χ1v) is 6.17. The van der Waals surface area contributed by atoms with Gasteiger partial charge in [-0.1, -0.05) is 13.8 Å². The molecule has 0 fully saturated rings. The predicted molar refractivity (Wildman–Crippen MR) is 49.8 cm³/mol. The van der Waals surface area contributed by atoms with Gasteiger partial charge in [0.15, 0.2) is 0 Å². The van der Waals surface area contributed by atoms with Crippen molar-refractivity contribution in [2.75, 3.05) is 18.6 Å². The standard InChI is InChI=1S/C8H18O3S/c1-4-8(2,7-9)5-6-12(3,10)11/h9H,4-7H2,1-3H3. The Bertz CT molecular complexity index is 214. The molecule has 0 aromatic carbocycles. The van der Waals surface area contributed by atoms with Gasteiger partial charge >= 0.3 is 0 Å². The highest BCUT2D eigenvalue weighted by atomic mass is 32.2. The second kappa shape index (κ2) is 4.23. The molecule has 4 heteroatoms. The third-order valence-corrected chi connectivity index (χ3v) is 3.26. The topological polar surface area (TPSA) is 54.4 Å². The average molecular weight is 194 g/mol. The molecule has 12 heavy (non-hydrogen) atoms. The van der Waals surface area contributed by atoms with E-state index in [0.29, 0.717) is 6.42 Å². The maximum Gasteiger partial charge on any atom is 0.147 e. The number of aliphatic hydroxyl groups excluding tert-OH is 1. The van der Waals surface area contributed by atoms with Crippen LogP contribution in [0.5, 0.6) is 0 Å². The van der Waals surface area contributed by atoms with Crippen molar-refractivity contribution in [1.29, 1.82) is 0 Å². The Hall–Kier alpha value is -0.0900. The summed E-state index contributed by atoms with van der Waals surface area (Å²) in [6.45, 7) is 3.91. The molecule has 1 unspecified atom stereocenters. The Morgan fingerprint density at radius 3 is 2.17 bits per heavy atom. The van der Waals surface area contributed by atoms with Gasteiger partial charge in [-0.05, 0) is 18.3 Å². The zero-order chi connectivity index (χ0) is 9.83. The van der Waals surface area contributed by atoms with Crippen LogP contribution < -0.4 is 0 Å². The van der Waals surface area contributed by atoms with Crippen LogP contribution in [0.25, 0.3) is 0 Å². The quantitative estimate of drug-likeness (QED) is 0.705. The first kappa shape index (κ1) is 11.9. The molecule has 0 heterocycles. The molecule has 3 nitrogen and oxygen atoms in total. The molecule has 0 aromatic heterocycles. The van der Waals surface area contributed by atoms with Crippen LogP contribution in [-0.4, -0.2) is 32.1 Å². The second-order valence-electron chi connectivity index (χ2n) is 3.70. The van der Waals surface area contributed by atoms with E-state index < -0.39 is 9.84 Å². The van der Waals surface area contributed by atoms with Gasteiger partial charge in [-0.25, -0.2) is 8.42 Å². The van der Waals surface area contributed by atoms with Crippen LogP contribution in [0, 0.1) is 5.41 Å². The molecule has 74 valence electrons. The minimum Gasteiger partial charge on any atom is -0.396 e. The van der Waals surface area contributed by atoms with E-state index in [-0.39, 0.29) is 17.8 Å². The van der Waals surface area contributed by atoms with Crippen LogP contribution in [0.2, 0.25) is 0 Å². The van der Waals surface area contributed by atoms with Crippen molar-refractivity contribution in [1.82, 2.24) is 0 Å². The molecule has 1 atom stereocenters. The van der Waals surface area contributed by atoms with Gasteiger partial charge in [-0.2, -0.15) is 0 Å². The van der Waals surface area contributed by atoms with Crippen LogP contribution in [0.3, 0.4) is 0 Å². The van der Waals surface area contributed by atoms with E-state index in [2.05, 4.69) is 0 Å². The second-order valence-corrected chi connectivity index (χ2v) is 5.96. The summed E-state index contributed by atoms with van der Waals surface area (Å²) in [6, 6.07) is 0. The molecule has 0 aliphatic carbocycles. The Balaban J connectivity index is 4.07. The van der Waals surface area contributed by atoms with Crippen molar-refractivity contribution in [3.05, 3.63) is 0 Å². The zero-order valence-corrected chi connectivity index (χ0v) is 8.82. The molecule has 0 saturated heterocycles. The van der Waals surface area contributed by atoms with Crippen LogP contribution in [0.15, 0.2) is 0 Å². The highest BCUT2D eigenvalue weighted by molar-refractivity contribution is 7.90. The van der Waals surface area contributed by atoms with Gasteiger partial charge in [0.1, 0.15) is 9.84 Å². The van der Waals surface area contributed by atoms with Gasteiger partial charge in [0.05, 0.1) is 5.75 Å². The highest BCUT2D eigenvalue weighted by Gasteiger charge is 2.22. The molecular formula is C8H18O3S. The van der Waals surface area contributed by atoms with Gasteiger partial charge in [0.25, 0.3) is 0 Å². The van der Waals surface area contributed by atoms with Gasteiger partial charge in [0, 0.05) is 12.9 Å². The van der Waals surface area contributed by atoms with Crippen molar-refractivity contribution < 1.29 is 13.5 Å². The minimum absolute atomic E-state index is 0.0546. The minimum atomic E-state index is -2.89. The molecule has 0 aromatic rings. The lowest BCUT2D eigenvalue weighted by atomic mass is 9.86. The number of sulfone groups is 1. The Morgan fingerprint density at radius 2 is 1.92 bits per heavy atom. The summed E-state index contributed by atoms with van der Waals surface area (Å²) in [6.07, 6.45) is 2.57. The number of hydrogen-bond donors (Lipinski definition) is 1. The fourth-order valence-electron chi connectivity index (χ4n) is 0.799. The third kappa shape index (κ3) is 4.72. The first-order valence-electron chi connectivity index (χ1n) is 4.11. The van der Waals surface area contributed by atoms with Crippen LogP contribution in [0.1, 0.15) is 26.7 Å². The molecule has 1 N–H and O–H groups in total. The molecule has 0 amide bonds. The van der Waals surface area contributed by atoms with Crippen LogP contribution in [-0.2, 0) is 9.84 Å². The van der Waals surface area contributed by atoms with E-state index in [1.54, 1.807) is 0 Å². The Morgan fingerprint density at radius 1 is 1.42 bits per heavy atom. The van der Waals surface area contributed by atoms with E-state index in [9.17, 15) is 8.42 Å². The molecule has 0 spiro atoms. The lowest BCUT2D eigenvalue weighted by Crippen LogP contribution is -2.23. The predicted octanol–water partition coefficient (Wildman–Crippen LogP) is 0.830. The van der Waals surface area contributed by atoms with Crippen LogP contribution >= 0.6 is 0 Å². The summed E-state index contributed by atoms with van der Waals surface area (Å²) in [5, 5.41) is 8.99. The number of rotatable bonds is 5. The SMILES string of the molecule is CCC(C)(CO)CCS(C)(=O)=O. The first-order chi connectivity index (χ1) is 5.33. The summed E-state index contributed by atoms with van der Waals surface area (Å²) in [4.78, 5) is 0. The summed E-state index contributed by atoms with van der Waals surface area (Å²) in [5.41, 5.74) is -0.233. The molecule has 0 bridgehead atoms. The summed E-state index contributed by atoms with van der Waals surface area (Å²) in [5.74, 6) is 0.165. The smallest absolute Gasteiger partial charge is 0.147 e. The Kier molecular flexibility index (Phi) is 4.20. The zero-order valence-electron chi connectivity index (χ0n) is 8.00. The highest BCUT2D eigenvalue weighted by Crippen LogP contribution is 2.24. The Labute approximate surface area is 74.7 Å². The molecule has 0 saturated carbocycles. The van der Waals surface area contributed by atoms with E-state index in [1.807, 2.05) is 13.8 Å². The number of hydrogen-bond acceptors (Lipinski definition) is 3. The van der Waals surface area contributed by atoms with Crippen LogP contribution in [0.4, 0.5) is 0 Å². The maximum absolute atomic E-state index is 10.8. The molecule has 0 aliphatic rings. The van der Waals surface area contributed by atoms with E-state index in [4.69, 9.17) is 5.11 Å². The summed E-state index contributed by atoms with van der Waals surface area (Å²) in [7, 11) is -2.89. The van der Waals surface area contributed by atoms with E-state index >= 15 is 0 Å². The van der Waals surface area contributed by atoms with Crippen molar-refractivity contribution in [3.63, 3.8) is 0 Å². The average Bonchev–Trinajstić information content (AvgIpc) is 1.99. The normalized spacial score (nSPS) is 17.3. The molecule has 0 rings (SSSR count). The summed E-state index contributed by atoms with van der Waals surface area (Å²) < 4.78 is 21.7. The fourth-order valence-corrected chi connectivity index (χ4v) is 1.66. The van der Waals surface area contributed by atoms with Gasteiger partial charge in [0.2, 0.25) is 0 Å². The van der Waals surface area contributed by atoms with Gasteiger partial charge in [-0.3, -0.25) is 0 Å². The molecule has 0 aliphatic heterocycles. The largest absolute Gasteiger partial charge is 0.396 e. The lowest BCUT2D eigenvalue weighted by molar-refractivity contribution is 0.134. The summed E-state index contributed by atoms with van der Waals surface area (Å²) >= 11 is 0. The monoisotopic (exact) mass is 194 g/mol. The fraction of sp³-hybridized carbons (Fsp3) is 1.00. The maximum atomic E-state index is 10.8.